The monoisotopic (exact) mass is 467 g/mol. The minimum Gasteiger partial charge on any atom is -0.504 e. The van der Waals surface area contributed by atoms with Gasteiger partial charge in [-0.3, -0.25) is 4.79 Å². The van der Waals surface area contributed by atoms with Crippen molar-refractivity contribution in [2.45, 2.75) is 26.2 Å². The summed E-state index contributed by atoms with van der Waals surface area (Å²) in [7, 11) is 1.48. The zero-order valence-electron chi connectivity index (χ0n) is 19.9. The molecule has 8 nitrogen and oxygen atoms in total. The number of hydrogen-bond acceptors (Lipinski definition) is 7. The Morgan fingerprint density at radius 2 is 1.91 bits per heavy atom. The topological polar surface area (TPSA) is 120 Å². The summed E-state index contributed by atoms with van der Waals surface area (Å²) in [5.41, 5.74) is 3.39. The predicted molar refractivity (Wildman–Crippen MR) is 135 cm³/mol. The fourth-order valence-electron chi connectivity index (χ4n) is 3.61. The van der Waals surface area contributed by atoms with Gasteiger partial charge in [-0.1, -0.05) is 18.2 Å². The number of benzene rings is 3. The molecule has 8 heteroatoms. The summed E-state index contributed by atoms with van der Waals surface area (Å²) < 4.78 is 5.22. The van der Waals surface area contributed by atoms with E-state index in [1.807, 2.05) is 45.0 Å². The average molecular weight is 468 g/mol. The molecule has 1 amide bonds. The van der Waals surface area contributed by atoms with Crippen molar-refractivity contribution in [2.24, 2.45) is 0 Å². The molecule has 0 atom stereocenters. The van der Waals surface area contributed by atoms with E-state index in [9.17, 15) is 15.2 Å². The van der Waals surface area contributed by atoms with Crippen molar-refractivity contribution in [3.63, 3.8) is 0 Å². The van der Waals surface area contributed by atoms with E-state index in [0.717, 1.165) is 16.8 Å². The second kappa shape index (κ2) is 9.31. The van der Waals surface area contributed by atoms with Gasteiger partial charge in [0.15, 0.2) is 11.5 Å². The Hall–Kier alpha value is -4.64. The number of carbonyl (C=O) groups is 1. The second-order valence-corrected chi connectivity index (χ2v) is 8.69. The number of hydrogen-bond donors (Lipinski definition) is 3. The summed E-state index contributed by atoms with van der Waals surface area (Å²) >= 11 is 0. The minimum absolute atomic E-state index is 0.00670. The number of aromatic nitrogens is 2. The largest absolute Gasteiger partial charge is 0.504 e. The molecular weight excluding hydrogens is 442 g/mol. The van der Waals surface area contributed by atoms with Crippen LogP contribution in [0.25, 0.3) is 10.9 Å². The lowest BCUT2D eigenvalue weighted by Gasteiger charge is -2.17. The molecule has 0 aliphatic heterocycles. The number of aryl methyl sites for hydroxylation is 1. The van der Waals surface area contributed by atoms with Crippen LogP contribution in [0.4, 0.5) is 17.2 Å². The van der Waals surface area contributed by atoms with Crippen molar-refractivity contribution in [3.05, 3.63) is 77.6 Å². The molecule has 0 aliphatic carbocycles. The van der Waals surface area contributed by atoms with Gasteiger partial charge in [0, 0.05) is 28.4 Å². The van der Waals surface area contributed by atoms with Crippen LogP contribution in [0.2, 0.25) is 0 Å². The number of aromatic hydroxyl groups is 1. The zero-order valence-corrected chi connectivity index (χ0v) is 19.9. The number of nitrogens with zero attached hydrogens (tertiary/aromatic N) is 3. The highest BCUT2D eigenvalue weighted by Gasteiger charge is 2.21. The highest BCUT2D eigenvalue weighted by molar-refractivity contribution is 6.04. The first-order valence-electron chi connectivity index (χ1n) is 10.9. The summed E-state index contributed by atoms with van der Waals surface area (Å²) in [5.74, 6) is 0.567. The van der Waals surface area contributed by atoms with Crippen LogP contribution >= 0.6 is 0 Å². The maximum Gasteiger partial charge on any atom is 0.255 e. The number of anilines is 3. The Bertz CT molecular complexity index is 1470. The first kappa shape index (κ1) is 23.5. The van der Waals surface area contributed by atoms with Gasteiger partial charge in [-0.2, -0.15) is 5.26 Å². The fourth-order valence-corrected chi connectivity index (χ4v) is 3.61. The smallest absolute Gasteiger partial charge is 0.255 e. The van der Waals surface area contributed by atoms with Gasteiger partial charge in [0.1, 0.15) is 12.1 Å². The van der Waals surface area contributed by atoms with Gasteiger partial charge >= 0.3 is 0 Å². The number of amides is 1. The molecule has 1 aromatic heterocycles. The van der Waals surface area contributed by atoms with Gasteiger partial charge in [0.05, 0.1) is 24.1 Å². The van der Waals surface area contributed by atoms with E-state index in [1.54, 1.807) is 24.3 Å². The van der Waals surface area contributed by atoms with Gasteiger partial charge in [0.25, 0.3) is 5.91 Å². The van der Waals surface area contributed by atoms with E-state index < -0.39 is 5.41 Å². The molecule has 4 rings (SSSR count). The highest BCUT2D eigenvalue weighted by Crippen LogP contribution is 2.34. The number of carbonyl (C=O) groups excluding carboxylic acids is 1. The van der Waals surface area contributed by atoms with E-state index in [0.29, 0.717) is 33.7 Å². The minimum atomic E-state index is -0.697. The van der Waals surface area contributed by atoms with Gasteiger partial charge in [0.2, 0.25) is 0 Å². The Labute approximate surface area is 203 Å². The van der Waals surface area contributed by atoms with Crippen LogP contribution in [0, 0.1) is 18.3 Å². The molecule has 0 spiro atoms. The molecule has 0 saturated heterocycles. The molecule has 3 aromatic carbocycles. The lowest BCUT2D eigenvalue weighted by molar-refractivity contribution is 0.102. The fraction of sp³-hybridized carbons (Fsp3) is 0.185. The average Bonchev–Trinajstić information content (AvgIpc) is 2.85. The van der Waals surface area contributed by atoms with Crippen LogP contribution in [0.1, 0.15) is 35.3 Å². The second-order valence-electron chi connectivity index (χ2n) is 8.69. The molecule has 0 unspecified atom stereocenters. The number of fused-ring (bicyclic) bond motifs is 1. The number of nitriles is 1. The highest BCUT2D eigenvalue weighted by atomic mass is 16.5. The molecule has 4 aromatic rings. The Balaban J connectivity index is 1.62. The van der Waals surface area contributed by atoms with E-state index in [2.05, 4.69) is 26.7 Å². The normalized spacial score (nSPS) is 11.1. The quantitative estimate of drug-likeness (QED) is 0.345. The summed E-state index contributed by atoms with van der Waals surface area (Å²) in [6, 6.07) is 18.1. The third-order valence-electron chi connectivity index (χ3n) is 5.81. The molecule has 35 heavy (non-hydrogen) atoms. The molecule has 1 heterocycles. The summed E-state index contributed by atoms with van der Waals surface area (Å²) in [6.07, 6.45) is 1.41. The van der Waals surface area contributed by atoms with E-state index >= 15 is 0 Å². The lowest BCUT2D eigenvalue weighted by Crippen LogP contribution is -2.17. The Morgan fingerprint density at radius 1 is 1.11 bits per heavy atom. The van der Waals surface area contributed by atoms with E-state index in [4.69, 9.17) is 4.74 Å². The molecule has 176 valence electrons. The van der Waals surface area contributed by atoms with Gasteiger partial charge < -0.3 is 20.5 Å². The van der Waals surface area contributed by atoms with E-state index in [1.165, 1.54) is 19.5 Å². The first-order chi connectivity index (χ1) is 16.7. The number of ether oxygens (including phenoxy) is 1. The summed E-state index contributed by atoms with van der Waals surface area (Å²) in [6.45, 7) is 5.57. The number of rotatable bonds is 6. The number of nitrogens with one attached hydrogen (secondary N) is 2. The lowest BCUT2D eigenvalue weighted by atomic mass is 9.85. The van der Waals surface area contributed by atoms with Gasteiger partial charge in [-0.05, 0) is 62.2 Å². The number of phenols is 1. The predicted octanol–water partition coefficient (Wildman–Crippen LogP) is 5.45. The van der Waals surface area contributed by atoms with Crippen molar-refractivity contribution in [3.8, 4) is 17.6 Å². The summed E-state index contributed by atoms with van der Waals surface area (Å²) in [5, 5.41) is 26.4. The van der Waals surface area contributed by atoms with Crippen LogP contribution in [-0.2, 0) is 5.41 Å². The SMILES string of the molecule is COc1cc2c(Nc3cc(NC(=O)c4cccc(C(C)(C)C#N)c4)ccc3C)ncnc2cc1O. The molecule has 0 fully saturated rings. The molecule has 0 aliphatic rings. The molecule has 0 saturated carbocycles. The number of methoxy groups -OCH3 is 1. The van der Waals surface area contributed by atoms with Crippen molar-refractivity contribution < 1.29 is 14.6 Å². The van der Waals surface area contributed by atoms with E-state index in [-0.39, 0.29) is 11.7 Å². The Morgan fingerprint density at radius 3 is 2.66 bits per heavy atom. The standard InChI is InChI=1S/C27H25N5O3/c1-16-8-9-19(31-26(34)17-6-5-7-18(10-17)27(2,3)14-28)11-21(16)32-25-20-12-24(35-4)23(33)13-22(20)29-15-30-25/h5-13,15,33H,1-4H3,(H,31,34)(H,29,30,32). The maximum absolute atomic E-state index is 12.9. The molecule has 0 bridgehead atoms. The van der Waals surface area contributed by atoms with Crippen LogP contribution in [0.15, 0.2) is 60.9 Å². The molecule has 0 radical (unpaired) electrons. The van der Waals surface area contributed by atoms with Crippen LogP contribution in [-0.4, -0.2) is 28.1 Å². The van der Waals surface area contributed by atoms with Crippen molar-refractivity contribution in [1.82, 2.24) is 9.97 Å². The first-order valence-corrected chi connectivity index (χ1v) is 10.9. The summed E-state index contributed by atoms with van der Waals surface area (Å²) in [4.78, 5) is 21.5. The van der Waals surface area contributed by atoms with Crippen LogP contribution in [0.3, 0.4) is 0 Å². The van der Waals surface area contributed by atoms with Gasteiger partial charge in [-0.25, -0.2) is 9.97 Å². The zero-order chi connectivity index (χ0) is 25.2. The van der Waals surface area contributed by atoms with Crippen LogP contribution < -0.4 is 15.4 Å². The van der Waals surface area contributed by atoms with Gasteiger partial charge in [-0.15, -0.1) is 0 Å². The third kappa shape index (κ3) is 4.84. The Kier molecular flexibility index (Phi) is 6.26. The number of phenolic OH excluding ortho intramolecular Hbond substituents is 1. The van der Waals surface area contributed by atoms with Crippen LogP contribution in [0.5, 0.6) is 11.5 Å². The maximum atomic E-state index is 12.9. The third-order valence-corrected chi connectivity index (χ3v) is 5.81. The van der Waals surface area contributed by atoms with Crippen molar-refractivity contribution in [1.29, 1.82) is 5.26 Å². The molecular formula is C27H25N5O3. The van der Waals surface area contributed by atoms with Crippen molar-refractivity contribution >= 4 is 34.0 Å². The molecule has 3 N–H and O–H groups in total. The van der Waals surface area contributed by atoms with Crippen molar-refractivity contribution in [2.75, 3.05) is 17.7 Å².